The van der Waals surface area contributed by atoms with Gasteiger partial charge in [-0.1, -0.05) is 0 Å². The molecular weight excluding hydrogens is 318 g/mol. The summed E-state index contributed by atoms with van der Waals surface area (Å²) in [7, 11) is 1.87. The summed E-state index contributed by atoms with van der Waals surface area (Å²) >= 11 is 0. The Morgan fingerprint density at radius 3 is 2.54 bits per heavy atom. The average Bonchev–Trinajstić information content (AvgIpc) is 3.00. The number of piperidine rings is 1. The number of aromatic nitrogens is 3. The minimum atomic E-state index is -2.85. The second-order valence-electron chi connectivity index (χ2n) is 5.90. The zero-order valence-electron chi connectivity index (χ0n) is 13.3. The van der Waals surface area contributed by atoms with E-state index in [1.54, 1.807) is 12.3 Å². The monoisotopic (exact) mass is 338 g/mol. The van der Waals surface area contributed by atoms with Crippen molar-refractivity contribution in [1.29, 1.82) is 0 Å². The number of alkyl halides is 2. The highest BCUT2D eigenvalue weighted by Crippen LogP contribution is 2.31. The van der Waals surface area contributed by atoms with Gasteiger partial charge in [-0.3, -0.25) is 0 Å². The molecule has 0 radical (unpaired) electrons. The Hall–Kier alpha value is -2.22. The maximum Gasteiger partial charge on any atom is 0.387 e. The number of rotatable bonds is 5. The molecule has 1 fully saturated rings. The van der Waals surface area contributed by atoms with Crippen LogP contribution < -0.4 is 9.64 Å². The van der Waals surface area contributed by atoms with E-state index in [1.807, 2.05) is 17.8 Å². The van der Waals surface area contributed by atoms with Gasteiger partial charge in [0, 0.05) is 32.5 Å². The molecule has 1 saturated heterocycles. The van der Waals surface area contributed by atoms with Crippen molar-refractivity contribution in [2.45, 2.75) is 25.6 Å². The van der Waals surface area contributed by atoms with Gasteiger partial charge in [0.15, 0.2) is 0 Å². The Bertz CT molecular complexity index is 654. The summed E-state index contributed by atoms with van der Waals surface area (Å²) in [6.07, 6.45) is 5.84. The predicted molar refractivity (Wildman–Crippen MR) is 84.0 cm³/mol. The number of hydrogen-bond acceptors (Lipinski definition) is 5. The van der Waals surface area contributed by atoms with E-state index in [0.717, 1.165) is 31.7 Å². The highest BCUT2D eigenvalue weighted by atomic mass is 19.3. The van der Waals surface area contributed by atoms with Gasteiger partial charge in [0.25, 0.3) is 0 Å². The highest BCUT2D eigenvalue weighted by molar-refractivity contribution is 5.41. The third kappa shape index (κ3) is 3.64. The van der Waals surface area contributed by atoms with Crippen molar-refractivity contribution < 1.29 is 18.6 Å². The Labute approximate surface area is 138 Å². The van der Waals surface area contributed by atoms with Gasteiger partial charge in [0.2, 0.25) is 0 Å². The Balaban J connectivity index is 1.58. The molecule has 0 amide bonds. The Morgan fingerprint density at radius 2 is 2.00 bits per heavy atom. The van der Waals surface area contributed by atoms with Crippen LogP contribution in [0.2, 0.25) is 0 Å². The normalized spacial score (nSPS) is 17.3. The third-order valence-electron chi connectivity index (χ3n) is 4.38. The molecule has 2 aromatic rings. The van der Waals surface area contributed by atoms with E-state index in [1.165, 1.54) is 12.3 Å². The molecule has 0 bridgehead atoms. The molecule has 1 atom stereocenters. The van der Waals surface area contributed by atoms with Crippen LogP contribution in [0.5, 0.6) is 5.75 Å². The SMILES string of the molecule is Cn1ccnc1C(O)C1CCN(c2ccc(OC(F)F)cn2)CC1. The van der Waals surface area contributed by atoms with Crippen molar-refractivity contribution in [2.75, 3.05) is 18.0 Å². The molecular formula is C16H20F2N4O2. The van der Waals surface area contributed by atoms with Crippen molar-refractivity contribution in [3.05, 3.63) is 36.5 Å². The molecule has 1 N–H and O–H groups in total. The fourth-order valence-electron chi connectivity index (χ4n) is 3.05. The number of ether oxygens (including phenoxy) is 1. The third-order valence-corrected chi connectivity index (χ3v) is 4.38. The molecule has 24 heavy (non-hydrogen) atoms. The van der Waals surface area contributed by atoms with Crippen molar-refractivity contribution in [1.82, 2.24) is 14.5 Å². The lowest BCUT2D eigenvalue weighted by atomic mass is 9.90. The molecule has 0 spiro atoms. The molecule has 2 aromatic heterocycles. The van der Waals surface area contributed by atoms with Crippen LogP contribution in [0.1, 0.15) is 24.8 Å². The number of halogens is 2. The van der Waals surface area contributed by atoms with Crippen LogP contribution in [-0.4, -0.2) is 39.3 Å². The summed E-state index contributed by atoms with van der Waals surface area (Å²) in [5, 5.41) is 10.5. The van der Waals surface area contributed by atoms with E-state index in [4.69, 9.17) is 0 Å². The summed E-state index contributed by atoms with van der Waals surface area (Å²) < 4.78 is 30.4. The fraction of sp³-hybridized carbons (Fsp3) is 0.500. The molecule has 0 aromatic carbocycles. The Morgan fingerprint density at radius 1 is 1.25 bits per heavy atom. The lowest BCUT2D eigenvalue weighted by molar-refractivity contribution is -0.0500. The highest BCUT2D eigenvalue weighted by Gasteiger charge is 2.28. The lowest BCUT2D eigenvalue weighted by Crippen LogP contribution is -2.36. The van der Waals surface area contributed by atoms with E-state index >= 15 is 0 Å². The van der Waals surface area contributed by atoms with Gasteiger partial charge in [-0.2, -0.15) is 8.78 Å². The first-order valence-electron chi connectivity index (χ1n) is 7.85. The minimum Gasteiger partial charge on any atom is -0.433 e. The molecule has 1 unspecified atom stereocenters. The second-order valence-corrected chi connectivity index (χ2v) is 5.90. The number of anilines is 1. The first kappa shape index (κ1) is 16.6. The van der Waals surface area contributed by atoms with Gasteiger partial charge in [0.05, 0.1) is 6.20 Å². The summed E-state index contributed by atoms with van der Waals surface area (Å²) in [4.78, 5) is 10.5. The first-order valence-corrected chi connectivity index (χ1v) is 7.85. The molecule has 1 aliphatic rings. The second kappa shape index (κ2) is 7.12. The average molecular weight is 338 g/mol. The van der Waals surface area contributed by atoms with Crippen LogP contribution in [0.25, 0.3) is 0 Å². The summed E-state index contributed by atoms with van der Waals surface area (Å²) in [6.45, 7) is -1.36. The standard InChI is InChI=1S/C16H20F2N4O2/c1-21-9-6-19-15(21)14(23)11-4-7-22(8-5-11)13-3-2-12(10-20-13)24-16(17)18/h2-3,6,9-11,14,16,23H,4-5,7-8H2,1H3. The quantitative estimate of drug-likeness (QED) is 0.907. The maximum atomic E-state index is 12.1. The number of aliphatic hydroxyl groups is 1. The van der Waals surface area contributed by atoms with Gasteiger partial charge in [-0.05, 0) is 30.9 Å². The number of hydrogen-bond donors (Lipinski definition) is 1. The molecule has 1 aliphatic heterocycles. The van der Waals surface area contributed by atoms with Crippen molar-refractivity contribution in [3.8, 4) is 5.75 Å². The zero-order chi connectivity index (χ0) is 17.1. The Kier molecular flexibility index (Phi) is 4.94. The number of imidazole rings is 1. The van der Waals surface area contributed by atoms with Crippen LogP contribution in [0, 0.1) is 5.92 Å². The number of aliphatic hydroxyl groups excluding tert-OH is 1. The molecule has 0 aliphatic carbocycles. The van der Waals surface area contributed by atoms with Crippen LogP contribution in [0.4, 0.5) is 14.6 Å². The van der Waals surface area contributed by atoms with Gasteiger partial charge < -0.3 is 19.3 Å². The number of pyridine rings is 1. The van der Waals surface area contributed by atoms with Crippen molar-refractivity contribution >= 4 is 5.82 Å². The van der Waals surface area contributed by atoms with E-state index in [9.17, 15) is 13.9 Å². The number of aryl methyl sites for hydroxylation is 1. The maximum absolute atomic E-state index is 12.1. The van der Waals surface area contributed by atoms with Crippen molar-refractivity contribution in [2.24, 2.45) is 13.0 Å². The molecule has 3 heterocycles. The predicted octanol–water partition coefficient (Wildman–Crippen LogP) is 2.37. The van der Waals surface area contributed by atoms with Crippen molar-refractivity contribution in [3.63, 3.8) is 0 Å². The molecule has 0 saturated carbocycles. The first-order chi connectivity index (χ1) is 11.5. The largest absolute Gasteiger partial charge is 0.433 e. The summed E-state index contributed by atoms with van der Waals surface area (Å²) in [5.74, 6) is 1.60. The van der Waals surface area contributed by atoms with Gasteiger partial charge >= 0.3 is 6.61 Å². The van der Waals surface area contributed by atoms with E-state index < -0.39 is 12.7 Å². The van der Waals surface area contributed by atoms with Gasteiger partial charge in [-0.15, -0.1) is 0 Å². The van der Waals surface area contributed by atoms with E-state index in [0.29, 0.717) is 5.82 Å². The lowest BCUT2D eigenvalue weighted by Gasteiger charge is -2.34. The minimum absolute atomic E-state index is 0.0499. The van der Waals surface area contributed by atoms with Crippen LogP contribution in [-0.2, 0) is 7.05 Å². The van der Waals surface area contributed by atoms with Crippen LogP contribution >= 0.6 is 0 Å². The fourth-order valence-corrected chi connectivity index (χ4v) is 3.05. The van der Waals surface area contributed by atoms with E-state index in [-0.39, 0.29) is 11.7 Å². The summed E-state index contributed by atoms with van der Waals surface area (Å²) in [6, 6.07) is 3.16. The van der Waals surface area contributed by atoms with Gasteiger partial charge in [0.1, 0.15) is 23.5 Å². The summed E-state index contributed by atoms with van der Waals surface area (Å²) in [5.41, 5.74) is 0. The molecule has 6 nitrogen and oxygen atoms in total. The number of nitrogens with zero attached hydrogens (tertiary/aromatic N) is 4. The van der Waals surface area contributed by atoms with Crippen LogP contribution in [0.15, 0.2) is 30.7 Å². The molecule has 130 valence electrons. The molecule has 3 rings (SSSR count). The topological polar surface area (TPSA) is 63.4 Å². The van der Waals surface area contributed by atoms with Gasteiger partial charge in [-0.25, -0.2) is 9.97 Å². The smallest absolute Gasteiger partial charge is 0.387 e. The zero-order valence-corrected chi connectivity index (χ0v) is 13.3. The van der Waals surface area contributed by atoms with E-state index in [2.05, 4.69) is 19.6 Å². The molecule has 8 heteroatoms. The van der Waals surface area contributed by atoms with Crippen LogP contribution in [0.3, 0.4) is 0 Å².